The molecule has 1 unspecified atom stereocenters. The van der Waals surface area contributed by atoms with Gasteiger partial charge in [-0.2, -0.15) is 0 Å². The maximum atomic E-state index is 11.8. The summed E-state index contributed by atoms with van der Waals surface area (Å²) in [6.45, 7) is 2.28. The molecule has 0 aromatic carbocycles. The molecular weight excluding hydrogens is 226 g/mol. The summed E-state index contributed by atoms with van der Waals surface area (Å²) < 4.78 is 26.2. The Bertz CT molecular complexity index is 323. The lowest BCUT2D eigenvalue weighted by Crippen LogP contribution is -2.58. The van der Waals surface area contributed by atoms with Crippen molar-refractivity contribution in [3.8, 4) is 0 Å². The summed E-state index contributed by atoms with van der Waals surface area (Å²) in [5.74, 6) is 0. The lowest BCUT2D eigenvalue weighted by Gasteiger charge is -2.47. The van der Waals surface area contributed by atoms with Crippen LogP contribution in [0.3, 0.4) is 0 Å². The molecule has 96 valence electrons. The smallest absolute Gasteiger partial charge is 0.215 e. The lowest BCUT2D eigenvalue weighted by molar-refractivity contribution is 0.0656. The van der Waals surface area contributed by atoms with Crippen LogP contribution in [-0.4, -0.2) is 51.3 Å². The van der Waals surface area contributed by atoms with E-state index in [4.69, 9.17) is 5.73 Å². The highest BCUT2D eigenvalue weighted by Gasteiger charge is 2.40. The highest BCUT2D eigenvalue weighted by atomic mass is 32.2. The van der Waals surface area contributed by atoms with Gasteiger partial charge in [0.25, 0.3) is 0 Å². The largest absolute Gasteiger partial charge is 0.329 e. The van der Waals surface area contributed by atoms with Crippen molar-refractivity contribution in [3.63, 3.8) is 0 Å². The average molecular weight is 249 g/mol. The van der Waals surface area contributed by atoms with Crippen molar-refractivity contribution in [2.45, 2.75) is 37.0 Å². The predicted octanol–water partition coefficient (Wildman–Crippen LogP) is -0.263. The van der Waals surface area contributed by atoms with Gasteiger partial charge in [0.15, 0.2) is 0 Å². The molecule has 0 spiro atoms. The molecule has 0 heterocycles. The van der Waals surface area contributed by atoms with Gasteiger partial charge in [-0.15, -0.1) is 0 Å². The van der Waals surface area contributed by atoms with Crippen LogP contribution >= 0.6 is 0 Å². The predicted molar refractivity (Wildman–Crippen MR) is 65.7 cm³/mol. The maximum Gasteiger partial charge on any atom is 0.215 e. The van der Waals surface area contributed by atoms with Gasteiger partial charge in [0, 0.05) is 18.6 Å². The number of nitrogens with two attached hydrogens (primary N) is 1. The van der Waals surface area contributed by atoms with Crippen molar-refractivity contribution in [1.29, 1.82) is 0 Å². The molecule has 3 N–H and O–H groups in total. The van der Waals surface area contributed by atoms with Crippen molar-refractivity contribution < 1.29 is 8.42 Å². The third-order valence-corrected chi connectivity index (χ3v) is 5.50. The van der Waals surface area contributed by atoms with Gasteiger partial charge >= 0.3 is 0 Å². The molecule has 6 heteroatoms. The molecule has 1 fully saturated rings. The number of nitrogens with zero attached hydrogens (tertiary/aromatic N) is 1. The molecule has 1 aliphatic carbocycles. The van der Waals surface area contributed by atoms with E-state index in [0.717, 1.165) is 12.8 Å². The number of rotatable bonds is 6. The van der Waals surface area contributed by atoms with E-state index in [0.29, 0.717) is 6.54 Å². The SMILES string of the molecule is CC(CN)S(=O)(=O)NCC1(N(C)C)CCC1. The van der Waals surface area contributed by atoms with Crippen LogP contribution in [0.4, 0.5) is 0 Å². The molecule has 0 aromatic heterocycles. The Hall–Kier alpha value is -0.170. The van der Waals surface area contributed by atoms with E-state index in [1.165, 1.54) is 6.42 Å². The number of hydrogen-bond donors (Lipinski definition) is 2. The van der Waals surface area contributed by atoms with E-state index in [1.807, 2.05) is 14.1 Å². The zero-order chi connectivity index (χ0) is 12.4. The van der Waals surface area contributed by atoms with Crippen LogP contribution in [-0.2, 0) is 10.0 Å². The summed E-state index contributed by atoms with van der Waals surface area (Å²) in [5.41, 5.74) is 5.39. The summed E-state index contributed by atoms with van der Waals surface area (Å²) in [5, 5.41) is -0.521. The highest BCUT2D eigenvalue weighted by Crippen LogP contribution is 2.35. The molecule has 1 aliphatic rings. The molecule has 1 saturated carbocycles. The lowest BCUT2D eigenvalue weighted by atomic mass is 9.76. The van der Waals surface area contributed by atoms with Crippen molar-refractivity contribution in [2.75, 3.05) is 27.2 Å². The van der Waals surface area contributed by atoms with Gasteiger partial charge in [-0.25, -0.2) is 13.1 Å². The molecule has 0 amide bonds. The van der Waals surface area contributed by atoms with Gasteiger partial charge in [0.1, 0.15) is 0 Å². The second kappa shape index (κ2) is 5.00. The third kappa shape index (κ3) is 2.74. The average Bonchev–Trinajstić information content (AvgIpc) is 2.14. The first-order valence-corrected chi connectivity index (χ1v) is 7.25. The quantitative estimate of drug-likeness (QED) is 0.680. The van der Waals surface area contributed by atoms with Crippen LogP contribution < -0.4 is 10.5 Å². The zero-order valence-electron chi connectivity index (χ0n) is 10.4. The first-order chi connectivity index (χ1) is 7.34. The van der Waals surface area contributed by atoms with Crippen LogP contribution in [0.15, 0.2) is 0 Å². The molecule has 0 aliphatic heterocycles. The molecular formula is C10H23N3O2S. The van der Waals surface area contributed by atoms with Crippen molar-refractivity contribution in [3.05, 3.63) is 0 Å². The van der Waals surface area contributed by atoms with Crippen LogP contribution in [0.1, 0.15) is 26.2 Å². The van der Waals surface area contributed by atoms with Gasteiger partial charge in [0.2, 0.25) is 10.0 Å². The Balaban J connectivity index is 2.57. The molecule has 0 bridgehead atoms. The summed E-state index contributed by atoms with van der Waals surface area (Å²) in [6, 6.07) is 0. The van der Waals surface area contributed by atoms with E-state index >= 15 is 0 Å². The fraction of sp³-hybridized carbons (Fsp3) is 1.00. The minimum absolute atomic E-state index is 0.0153. The van der Waals surface area contributed by atoms with Crippen LogP contribution in [0.5, 0.6) is 0 Å². The van der Waals surface area contributed by atoms with E-state index in [2.05, 4.69) is 9.62 Å². The van der Waals surface area contributed by atoms with E-state index in [1.54, 1.807) is 6.92 Å². The van der Waals surface area contributed by atoms with E-state index in [9.17, 15) is 8.42 Å². The maximum absolute atomic E-state index is 11.8. The summed E-state index contributed by atoms with van der Waals surface area (Å²) in [7, 11) is 0.745. The first kappa shape index (κ1) is 13.9. The summed E-state index contributed by atoms with van der Waals surface area (Å²) in [6.07, 6.45) is 3.28. The monoisotopic (exact) mass is 249 g/mol. The number of sulfonamides is 1. The fourth-order valence-corrected chi connectivity index (χ4v) is 2.88. The Morgan fingerprint density at radius 1 is 1.44 bits per heavy atom. The minimum Gasteiger partial charge on any atom is -0.329 e. The van der Waals surface area contributed by atoms with Crippen molar-refractivity contribution in [1.82, 2.24) is 9.62 Å². The van der Waals surface area contributed by atoms with E-state index < -0.39 is 15.3 Å². The Labute approximate surface area is 98.4 Å². The topological polar surface area (TPSA) is 75.4 Å². The molecule has 5 nitrogen and oxygen atoms in total. The Kier molecular flexibility index (Phi) is 4.34. The molecule has 0 radical (unpaired) electrons. The first-order valence-electron chi connectivity index (χ1n) is 5.70. The van der Waals surface area contributed by atoms with Crippen LogP contribution in [0.25, 0.3) is 0 Å². The number of likely N-dealkylation sites (N-methyl/N-ethyl adjacent to an activating group) is 1. The molecule has 1 rings (SSSR count). The summed E-state index contributed by atoms with van der Waals surface area (Å²) in [4.78, 5) is 2.12. The Morgan fingerprint density at radius 2 is 2.00 bits per heavy atom. The second-order valence-electron chi connectivity index (χ2n) is 4.88. The molecule has 0 aromatic rings. The van der Waals surface area contributed by atoms with Crippen molar-refractivity contribution >= 4 is 10.0 Å². The van der Waals surface area contributed by atoms with Gasteiger partial charge in [0.05, 0.1) is 5.25 Å². The van der Waals surface area contributed by atoms with Crippen LogP contribution in [0, 0.1) is 0 Å². The molecule has 1 atom stereocenters. The standard InChI is InChI=1S/C10H23N3O2S/c1-9(7-11)16(14,15)12-8-10(13(2)3)5-4-6-10/h9,12H,4-8,11H2,1-3H3. The molecule has 0 saturated heterocycles. The van der Waals surface area contributed by atoms with Crippen molar-refractivity contribution in [2.24, 2.45) is 5.73 Å². The van der Waals surface area contributed by atoms with Crippen LogP contribution in [0.2, 0.25) is 0 Å². The number of nitrogens with one attached hydrogen (secondary N) is 1. The molecule has 16 heavy (non-hydrogen) atoms. The Morgan fingerprint density at radius 3 is 2.31 bits per heavy atom. The van der Waals surface area contributed by atoms with Gasteiger partial charge in [-0.3, -0.25) is 0 Å². The highest BCUT2D eigenvalue weighted by molar-refractivity contribution is 7.90. The second-order valence-corrected chi connectivity index (χ2v) is 7.07. The zero-order valence-corrected chi connectivity index (χ0v) is 11.2. The van der Waals surface area contributed by atoms with E-state index in [-0.39, 0.29) is 12.1 Å². The summed E-state index contributed by atoms with van der Waals surface area (Å²) >= 11 is 0. The van der Waals surface area contributed by atoms with Gasteiger partial charge in [-0.1, -0.05) is 0 Å². The fourth-order valence-electron chi connectivity index (χ4n) is 1.87. The normalized spacial score (nSPS) is 21.8. The number of hydrogen-bond acceptors (Lipinski definition) is 4. The minimum atomic E-state index is -3.25. The van der Waals surface area contributed by atoms with Gasteiger partial charge in [-0.05, 0) is 40.3 Å². The van der Waals surface area contributed by atoms with Gasteiger partial charge < -0.3 is 10.6 Å². The third-order valence-electron chi connectivity index (χ3n) is 3.70.